The molecule has 1 aliphatic heterocycles. The minimum atomic E-state index is -1.66. The average Bonchev–Trinajstić information content (AvgIpc) is 3.43. The number of aromatic nitrogens is 4. The van der Waals surface area contributed by atoms with Gasteiger partial charge in [-0.25, -0.2) is 9.65 Å². The number of amides is 1. The third-order valence-electron chi connectivity index (χ3n) is 5.84. The number of nitrogens with zero attached hydrogens (tertiary/aromatic N) is 5. The van der Waals surface area contributed by atoms with E-state index in [1.54, 1.807) is 4.57 Å². The summed E-state index contributed by atoms with van der Waals surface area (Å²) >= 11 is 8.39. The molecule has 5 atom stereocenters. The molecule has 222 valence electrons. The van der Waals surface area contributed by atoms with Crippen LogP contribution in [-0.4, -0.2) is 85.6 Å². The first-order chi connectivity index (χ1) is 19.0. The molecule has 0 saturated carbocycles. The number of imidazole rings is 1. The highest BCUT2D eigenvalue weighted by Crippen LogP contribution is 2.50. The van der Waals surface area contributed by atoms with E-state index in [0.717, 1.165) is 0 Å². The molecule has 0 bridgehead atoms. The van der Waals surface area contributed by atoms with Gasteiger partial charge in [-0.3, -0.25) is 24.5 Å². The lowest BCUT2D eigenvalue weighted by molar-refractivity contribution is -0.114. The zero-order chi connectivity index (χ0) is 29.6. The van der Waals surface area contributed by atoms with Gasteiger partial charge < -0.3 is 23.3 Å². The van der Waals surface area contributed by atoms with Crippen molar-refractivity contribution in [3.8, 4) is 6.07 Å². The molecule has 1 saturated heterocycles. The Kier molecular flexibility index (Phi) is 12.2. The molecule has 2 N–H and O–H groups in total. The second kappa shape index (κ2) is 14.9. The minimum absolute atomic E-state index is 0.0293. The van der Waals surface area contributed by atoms with E-state index in [1.807, 2.05) is 27.7 Å². The number of rotatable bonds is 14. The Bertz CT molecular complexity index is 1230. The molecule has 1 amide bonds. The molecule has 14 nitrogen and oxygen atoms in total. The number of H-pyrrole nitrogens is 1. The lowest BCUT2D eigenvalue weighted by Crippen LogP contribution is -2.41. The van der Waals surface area contributed by atoms with Crippen molar-refractivity contribution >= 4 is 56.8 Å². The molecule has 1 unspecified atom stereocenters. The van der Waals surface area contributed by atoms with Gasteiger partial charge in [0, 0.05) is 26.1 Å². The number of aromatic amines is 1. The Balaban J connectivity index is 2.03. The summed E-state index contributed by atoms with van der Waals surface area (Å²) < 4.78 is 33.7. The second-order valence-electron chi connectivity index (χ2n) is 9.46. The summed E-state index contributed by atoms with van der Waals surface area (Å²) in [5.41, 5.74) is -0.290. The molecule has 3 heterocycles. The summed E-state index contributed by atoms with van der Waals surface area (Å²) in [6.45, 7) is 9.70. The maximum Gasteiger partial charge on any atom is 0.280 e. The zero-order valence-electron chi connectivity index (χ0n) is 23.2. The standard InChI is InChI=1S/C23H36N7O7PS2/c1-12(2)30(13(3)4)38(35-9-7-8-24)37-17-15(10-34-23(39)40)36-21(18(17)33-6)29-11-25-16-19(29)27-22(26-14(5)31)28-20(16)32/h11-13,15,17-18,21,23,39-40H,7,9-10H2,1-6H3,(H2,26,27,28,31,32)/t15-,17-,18-,21-,38?/m1/s1. The van der Waals surface area contributed by atoms with E-state index in [1.165, 1.54) is 20.4 Å². The fourth-order valence-corrected chi connectivity index (χ4v) is 6.30. The highest BCUT2D eigenvalue weighted by Gasteiger charge is 2.50. The van der Waals surface area contributed by atoms with Gasteiger partial charge in [0.05, 0.1) is 32.0 Å². The first-order valence-electron chi connectivity index (χ1n) is 12.6. The monoisotopic (exact) mass is 617 g/mol. The van der Waals surface area contributed by atoms with Crippen LogP contribution in [-0.2, 0) is 28.1 Å². The van der Waals surface area contributed by atoms with Crippen LogP contribution in [0, 0.1) is 11.3 Å². The van der Waals surface area contributed by atoms with Gasteiger partial charge in [0.2, 0.25) is 11.9 Å². The van der Waals surface area contributed by atoms with E-state index >= 15 is 0 Å². The van der Waals surface area contributed by atoms with E-state index < -0.39 is 49.3 Å². The Labute approximate surface area is 244 Å². The minimum Gasteiger partial charge on any atom is -0.374 e. The Hall–Kier alpha value is -1.80. The van der Waals surface area contributed by atoms with Crippen LogP contribution in [0.3, 0.4) is 0 Å². The number of hydrogen-bond donors (Lipinski definition) is 4. The van der Waals surface area contributed by atoms with Gasteiger partial charge in [0.15, 0.2) is 17.4 Å². The van der Waals surface area contributed by atoms with Gasteiger partial charge in [-0.05, 0) is 27.7 Å². The lowest BCUT2D eigenvalue weighted by atomic mass is 10.1. The third kappa shape index (κ3) is 7.93. The zero-order valence-corrected chi connectivity index (χ0v) is 25.9. The van der Waals surface area contributed by atoms with Gasteiger partial charge in [-0.15, -0.1) is 25.3 Å². The van der Waals surface area contributed by atoms with Crippen molar-refractivity contribution in [1.29, 1.82) is 5.26 Å². The van der Waals surface area contributed by atoms with Crippen molar-refractivity contribution in [2.75, 3.05) is 25.6 Å². The number of nitriles is 1. The van der Waals surface area contributed by atoms with Crippen LogP contribution in [0.15, 0.2) is 11.1 Å². The third-order valence-corrected chi connectivity index (χ3v) is 8.27. The van der Waals surface area contributed by atoms with Crippen LogP contribution in [0.1, 0.15) is 47.3 Å². The Morgan fingerprint density at radius 2 is 2.02 bits per heavy atom. The number of fused-ring (bicyclic) bond motifs is 1. The number of thiol groups is 2. The number of nitrogens with one attached hydrogen (secondary N) is 2. The number of anilines is 1. The molecule has 1 fully saturated rings. The first kappa shape index (κ1) is 32.7. The van der Waals surface area contributed by atoms with Crippen molar-refractivity contribution in [2.24, 2.45) is 0 Å². The highest BCUT2D eigenvalue weighted by atomic mass is 32.2. The fraction of sp³-hybridized carbons (Fsp3) is 0.696. The number of hydrogen-bond acceptors (Lipinski definition) is 13. The van der Waals surface area contributed by atoms with E-state index in [2.05, 4.69) is 56.3 Å². The molecular weight excluding hydrogens is 581 g/mol. The topological polar surface area (TPSA) is 166 Å². The van der Waals surface area contributed by atoms with Crippen molar-refractivity contribution in [3.63, 3.8) is 0 Å². The van der Waals surface area contributed by atoms with Crippen LogP contribution < -0.4 is 10.9 Å². The molecule has 0 spiro atoms. The Morgan fingerprint density at radius 1 is 1.32 bits per heavy atom. The van der Waals surface area contributed by atoms with E-state index in [-0.39, 0.29) is 48.8 Å². The van der Waals surface area contributed by atoms with Crippen LogP contribution in [0.2, 0.25) is 0 Å². The maximum atomic E-state index is 12.6. The van der Waals surface area contributed by atoms with Gasteiger partial charge in [0.25, 0.3) is 14.1 Å². The number of ether oxygens (including phenoxy) is 3. The van der Waals surface area contributed by atoms with Crippen LogP contribution in [0.25, 0.3) is 11.2 Å². The number of carbonyl (C=O) groups excluding carboxylic acids is 1. The second-order valence-corrected chi connectivity index (χ2v) is 12.2. The smallest absolute Gasteiger partial charge is 0.280 e. The van der Waals surface area contributed by atoms with Gasteiger partial charge >= 0.3 is 0 Å². The normalized spacial score (nSPS) is 22.1. The molecule has 17 heteroatoms. The van der Waals surface area contributed by atoms with Gasteiger partial charge in [0.1, 0.15) is 23.1 Å². The van der Waals surface area contributed by atoms with Crippen molar-refractivity contribution in [2.45, 2.75) is 82.4 Å². The molecular formula is C23H36N7O7PS2. The summed E-state index contributed by atoms with van der Waals surface area (Å²) in [6.07, 6.45) is -1.32. The van der Waals surface area contributed by atoms with Crippen LogP contribution in [0.5, 0.6) is 0 Å². The quantitative estimate of drug-likeness (QED) is 0.107. The fourth-order valence-electron chi connectivity index (χ4n) is 4.36. The molecule has 0 radical (unpaired) electrons. The SMILES string of the molecule is CO[C@@H]1[C@H](OP(OCCC#N)N(C(C)C)C(C)C)[C@@H](COC(S)S)O[C@H]1n1cnc2c(=O)[nH]c(NC(C)=O)nc21. The molecule has 2 aromatic rings. The van der Waals surface area contributed by atoms with Crippen LogP contribution in [0.4, 0.5) is 5.95 Å². The molecule has 40 heavy (non-hydrogen) atoms. The molecule has 1 aliphatic rings. The predicted octanol–water partition coefficient (Wildman–Crippen LogP) is 2.81. The number of carbonyl (C=O) groups is 1. The molecule has 0 aliphatic carbocycles. The largest absolute Gasteiger partial charge is 0.374 e. The lowest BCUT2D eigenvalue weighted by Gasteiger charge is -2.38. The highest BCUT2D eigenvalue weighted by molar-refractivity contribution is 7.98. The summed E-state index contributed by atoms with van der Waals surface area (Å²) in [6, 6.07) is 2.23. The summed E-state index contributed by atoms with van der Waals surface area (Å²) in [7, 11) is -0.138. The molecule has 3 rings (SSSR count). The average molecular weight is 618 g/mol. The van der Waals surface area contributed by atoms with Gasteiger partial charge in [-0.2, -0.15) is 10.2 Å². The van der Waals surface area contributed by atoms with Crippen LogP contribution >= 0.6 is 33.8 Å². The Morgan fingerprint density at radius 3 is 2.60 bits per heavy atom. The van der Waals surface area contributed by atoms with E-state index in [9.17, 15) is 9.59 Å². The van der Waals surface area contributed by atoms with Crippen molar-refractivity contribution in [3.05, 3.63) is 16.7 Å². The molecule has 0 aromatic carbocycles. The van der Waals surface area contributed by atoms with Gasteiger partial charge in [-0.1, -0.05) is 0 Å². The van der Waals surface area contributed by atoms with Crippen molar-refractivity contribution in [1.82, 2.24) is 24.2 Å². The van der Waals surface area contributed by atoms with Crippen molar-refractivity contribution < 1.29 is 28.1 Å². The molecule has 2 aromatic heterocycles. The van der Waals surface area contributed by atoms with E-state index in [4.69, 9.17) is 28.5 Å². The summed E-state index contributed by atoms with van der Waals surface area (Å²) in [4.78, 5) is 35.3. The maximum absolute atomic E-state index is 12.6. The predicted molar refractivity (Wildman–Crippen MR) is 155 cm³/mol. The van der Waals surface area contributed by atoms with E-state index in [0.29, 0.717) is 0 Å². The first-order valence-corrected chi connectivity index (χ1v) is 14.8. The summed E-state index contributed by atoms with van der Waals surface area (Å²) in [5, 5.41) is 11.6. The number of methoxy groups -OCH3 is 1. The summed E-state index contributed by atoms with van der Waals surface area (Å²) in [5.74, 6) is -0.429.